The van der Waals surface area contributed by atoms with Gasteiger partial charge in [0.25, 0.3) is 0 Å². The van der Waals surface area contributed by atoms with Crippen LogP contribution >= 0.6 is 0 Å². The number of hydrogen-bond acceptors (Lipinski definition) is 4. The highest BCUT2D eigenvalue weighted by molar-refractivity contribution is 7.92. The van der Waals surface area contributed by atoms with Gasteiger partial charge in [-0.05, 0) is 26.8 Å². The highest BCUT2D eigenvalue weighted by Crippen LogP contribution is 2.02. The van der Waals surface area contributed by atoms with E-state index in [2.05, 4.69) is 11.8 Å². The average molecular weight is 236 g/mol. The van der Waals surface area contributed by atoms with Crippen LogP contribution in [0.5, 0.6) is 0 Å². The van der Waals surface area contributed by atoms with Gasteiger partial charge < -0.3 is 10.6 Å². The molecule has 0 heterocycles. The molecule has 0 aromatic carbocycles. The van der Waals surface area contributed by atoms with Crippen LogP contribution in [0.1, 0.15) is 27.2 Å². The molecule has 0 rings (SSSR count). The summed E-state index contributed by atoms with van der Waals surface area (Å²) in [7, 11) is -2.91. The second kappa shape index (κ2) is 7.19. The minimum absolute atomic E-state index is 0.241. The predicted molar refractivity (Wildman–Crippen MR) is 64.7 cm³/mol. The van der Waals surface area contributed by atoms with E-state index >= 15 is 0 Å². The van der Waals surface area contributed by atoms with Crippen LogP contribution < -0.4 is 5.73 Å². The standard InChI is InChI=1S/C10H24N2O2S/c1-4-6-12(7-5-11)8-9-15(13,14)10(2)3/h10H,4-9,11H2,1-3H3. The van der Waals surface area contributed by atoms with Gasteiger partial charge in [0.05, 0.1) is 11.0 Å². The van der Waals surface area contributed by atoms with E-state index in [-0.39, 0.29) is 11.0 Å². The van der Waals surface area contributed by atoms with E-state index in [0.717, 1.165) is 19.5 Å². The monoisotopic (exact) mass is 236 g/mol. The maximum Gasteiger partial charge on any atom is 0.153 e. The van der Waals surface area contributed by atoms with E-state index in [0.29, 0.717) is 13.1 Å². The second-order valence-electron chi connectivity index (χ2n) is 4.05. The fourth-order valence-corrected chi connectivity index (χ4v) is 2.31. The minimum Gasteiger partial charge on any atom is -0.329 e. The van der Waals surface area contributed by atoms with Crippen molar-refractivity contribution in [2.75, 3.05) is 31.9 Å². The number of sulfone groups is 1. The van der Waals surface area contributed by atoms with Crippen molar-refractivity contribution in [2.24, 2.45) is 5.73 Å². The summed E-state index contributed by atoms with van der Waals surface area (Å²) >= 11 is 0. The van der Waals surface area contributed by atoms with E-state index in [1.165, 1.54) is 0 Å². The Bertz CT molecular complexity index is 244. The lowest BCUT2D eigenvalue weighted by Gasteiger charge is -2.21. The topological polar surface area (TPSA) is 63.4 Å². The molecule has 0 aliphatic heterocycles. The van der Waals surface area contributed by atoms with Crippen molar-refractivity contribution in [1.82, 2.24) is 4.90 Å². The van der Waals surface area contributed by atoms with Gasteiger partial charge in [-0.3, -0.25) is 0 Å². The van der Waals surface area contributed by atoms with Gasteiger partial charge >= 0.3 is 0 Å². The molecule has 2 N–H and O–H groups in total. The molecule has 5 heteroatoms. The molecule has 0 radical (unpaired) electrons. The van der Waals surface area contributed by atoms with Crippen LogP contribution in [-0.4, -0.2) is 50.5 Å². The first-order chi connectivity index (χ1) is 6.94. The van der Waals surface area contributed by atoms with E-state index in [1.807, 2.05) is 0 Å². The maximum absolute atomic E-state index is 11.6. The Balaban J connectivity index is 4.09. The van der Waals surface area contributed by atoms with Gasteiger partial charge in [-0.2, -0.15) is 0 Å². The molecule has 0 spiro atoms. The van der Waals surface area contributed by atoms with Crippen LogP contribution in [0.25, 0.3) is 0 Å². The molecule has 0 unspecified atom stereocenters. The summed E-state index contributed by atoms with van der Waals surface area (Å²) in [6.07, 6.45) is 1.03. The third kappa shape index (κ3) is 6.12. The van der Waals surface area contributed by atoms with Crippen molar-refractivity contribution in [3.8, 4) is 0 Å². The quantitative estimate of drug-likeness (QED) is 0.666. The fourth-order valence-electron chi connectivity index (χ4n) is 1.33. The number of rotatable bonds is 8. The fraction of sp³-hybridized carbons (Fsp3) is 1.00. The van der Waals surface area contributed by atoms with Crippen molar-refractivity contribution in [1.29, 1.82) is 0 Å². The van der Waals surface area contributed by atoms with Crippen molar-refractivity contribution in [2.45, 2.75) is 32.4 Å². The molecule has 0 fully saturated rings. The highest BCUT2D eigenvalue weighted by atomic mass is 32.2. The van der Waals surface area contributed by atoms with E-state index in [4.69, 9.17) is 5.73 Å². The van der Waals surface area contributed by atoms with Gasteiger partial charge in [0, 0.05) is 19.6 Å². The number of hydrogen-bond donors (Lipinski definition) is 1. The lowest BCUT2D eigenvalue weighted by molar-refractivity contribution is 0.297. The first-order valence-electron chi connectivity index (χ1n) is 5.58. The summed E-state index contributed by atoms with van der Waals surface area (Å²) in [5, 5.41) is -0.279. The normalized spacial score (nSPS) is 12.7. The first kappa shape index (κ1) is 14.9. The Morgan fingerprint density at radius 1 is 1.20 bits per heavy atom. The molecule has 0 amide bonds. The third-order valence-corrected chi connectivity index (χ3v) is 4.58. The Labute approximate surface area is 93.7 Å². The SMILES string of the molecule is CCCN(CCN)CCS(=O)(=O)C(C)C. The molecule has 15 heavy (non-hydrogen) atoms. The van der Waals surface area contributed by atoms with Crippen molar-refractivity contribution in [3.05, 3.63) is 0 Å². The van der Waals surface area contributed by atoms with Gasteiger partial charge in [0.1, 0.15) is 0 Å². The van der Waals surface area contributed by atoms with E-state index in [9.17, 15) is 8.42 Å². The molecule has 0 aromatic heterocycles. The number of nitrogens with two attached hydrogens (primary N) is 1. The zero-order chi connectivity index (χ0) is 11.9. The van der Waals surface area contributed by atoms with Crippen molar-refractivity contribution >= 4 is 9.84 Å². The Kier molecular flexibility index (Phi) is 7.13. The molecule has 0 saturated heterocycles. The summed E-state index contributed by atoms with van der Waals surface area (Å²) in [6, 6.07) is 0. The summed E-state index contributed by atoms with van der Waals surface area (Å²) < 4.78 is 23.2. The lowest BCUT2D eigenvalue weighted by Crippen LogP contribution is -2.35. The minimum atomic E-state index is -2.91. The molecule has 0 bridgehead atoms. The lowest BCUT2D eigenvalue weighted by atomic mass is 10.4. The third-order valence-electron chi connectivity index (χ3n) is 2.40. The smallest absolute Gasteiger partial charge is 0.153 e. The van der Waals surface area contributed by atoms with Crippen LogP contribution in [0.4, 0.5) is 0 Å². The molecule has 0 aromatic rings. The summed E-state index contributed by atoms with van der Waals surface area (Å²) in [4.78, 5) is 2.11. The maximum atomic E-state index is 11.6. The van der Waals surface area contributed by atoms with Gasteiger partial charge in [0.2, 0.25) is 0 Å². The van der Waals surface area contributed by atoms with E-state index < -0.39 is 9.84 Å². The predicted octanol–water partition coefficient (Wildman–Crippen LogP) is 0.480. The Hall–Kier alpha value is -0.130. The van der Waals surface area contributed by atoms with E-state index in [1.54, 1.807) is 13.8 Å². The van der Waals surface area contributed by atoms with Gasteiger partial charge in [-0.25, -0.2) is 8.42 Å². The van der Waals surface area contributed by atoms with Crippen molar-refractivity contribution in [3.63, 3.8) is 0 Å². The molecule has 92 valence electrons. The summed E-state index contributed by atoms with van der Waals surface area (Å²) in [6.45, 7) is 8.42. The zero-order valence-corrected chi connectivity index (χ0v) is 10.9. The summed E-state index contributed by atoms with van der Waals surface area (Å²) in [5.74, 6) is 0.241. The number of nitrogens with zero attached hydrogens (tertiary/aromatic N) is 1. The van der Waals surface area contributed by atoms with Crippen LogP contribution in [0.15, 0.2) is 0 Å². The molecular formula is C10H24N2O2S. The molecule has 0 aliphatic rings. The van der Waals surface area contributed by atoms with Gasteiger partial charge in [0.15, 0.2) is 9.84 Å². The Morgan fingerprint density at radius 3 is 2.20 bits per heavy atom. The van der Waals surface area contributed by atoms with Crippen molar-refractivity contribution < 1.29 is 8.42 Å². The second-order valence-corrected chi connectivity index (χ2v) is 6.72. The highest BCUT2D eigenvalue weighted by Gasteiger charge is 2.17. The summed E-state index contributed by atoms with van der Waals surface area (Å²) in [5.41, 5.74) is 5.47. The zero-order valence-electron chi connectivity index (χ0n) is 10.1. The Morgan fingerprint density at radius 2 is 1.80 bits per heavy atom. The van der Waals surface area contributed by atoms with Crippen LogP contribution in [-0.2, 0) is 9.84 Å². The van der Waals surface area contributed by atoms with Gasteiger partial charge in [-0.1, -0.05) is 6.92 Å². The molecule has 0 saturated carbocycles. The van der Waals surface area contributed by atoms with Gasteiger partial charge in [-0.15, -0.1) is 0 Å². The largest absolute Gasteiger partial charge is 0.329 e. The average Bonchev–Trinajstić information content (AvgIpc) is 2.15. The molecule has 0 aliphatic carbocycles. The molecule has 4 nitrogen and oxygen atoms in total. The van der Waals surface area contributed by atoms with Crippen LogP contribution in [0.3, 0.4) is 0 Å². The molecular weight excluding hydrogens is 212 g/mol. The van der Waals surface area contributed by atoms with Crippen LogP contribution in [0, 0.1) is 0 Å². The molecule has 0 atom stereocenters. The van der Waals surface area contributed by atoms with Crippen LogP contribution in [0.2, 0.25) is 0 Å². The first-order valence-corrected chi connectivity index (χ1v) is 7.29.